The third-order valence-electron chi connectivity index (χ3n) is 6.63. The van der Waals surface area contributed by atoms with Gasteiger partial charge < -0.3 is 26.0 Å². The number of aromatic hydroxyl groups is 1. The second-order valence-corrected chi connectivity index (χ2v) is 9.45. The lowest BCUT2D eigenvalue weighted by Gasteiger charge is -2.27. The molecule has 1 saturated heterocycles. The van der Waals surface area contributed by atoms with Crippen molar-refractivity contribution in [3.05, 3.63) is 89.5 Å². The predicted molar refractivity (Wildman–Crippen MR) is 149 cm³/mol. The smallest absolute Gasteiger partial charge is 0.416 e. The first-order valence-corrected chi connectivity index (χ1v) is 13.1. The van der Waals surface area contributed by atoms with Crippen molar-refractivity contribution in [1.29, 1.82) is 0 Å². The lowest BCUT2D eigenvalue weighted by Crippen LogP contribution is -2.44. The fourth-order valence-corrected chi connectivity index (χ4v) is 4.48. The summed E-state index contributed by atoms with van der Waals surface area (Å²) in [7, 11) is 0. The molecule has 1 aliphatic rings. The number of benzene rings is 3. The molecule has 4 aromatic rings. The van der Waals surface area contributed by atoms with Gasteiger partial charge in [-0.3, -0.25) is 0 Å². The highest BCUT2D eigenvalue weighted by atomic mass is 19.4. The van der Waals surface area contributed by atoms with Gasteiger partial charge in [-0.2, -0.15) is 28.1 Å². The highest BCUT2D eigenvalue weighted by Crippen LogP contribution is 2.32. The van der Waals surface area contributed by atoms with E-state index in [9.17, 15) is 18.3 Å². The maximum absolute atomic E-state index is 13.0. The molecule has 2 heterocycles. The highest BCUT2D eigenvalue weighted by molar-refractivity contribution is 5.68. The summed E-state index contributed by atoms with van der Waals surface area (Å²) in [5.41, 5.74) is 2.81. The molecule has 5 rings (SSSR count). The maximum Gasteiger partial charge on any atom is 0.416 e. The monoisotopic (exact) mass is 549 g/mol. The van der Waals surface area contributed by atoms with Gasteiger partial charge in [-0.1, -0.05) is 48.5 Å². The van der Waals surface area contributed by atoms with Crippen molar-refractivity contribution in [3.8, 4) is 16.9 Å². The largest absolute Gasteiger partial charge is 0.508 e. The summed E-state index contributed by atoms with van der Waals surface area (Å²) in [4.78, 5) is 16.0. The number of hydrogen-bond acceptors (Lipinski definition) is 8. The fraction of sp³-hybridized carbons (Fsp3) is 0.276. The Kier molecular flexibility index (Phi) is 8.30. The van der Waals surface area contributed by atoms with E-state index in [-0.39, 0.29) is 5.75 Å². The zero-order valence-corrected chi connectivity index (χ0v) is 21.7. The average Bonchev–Trinajstić information content (AvgIpc) is 2.97. The van der Waals surface area contributed by atoms with Crippen molar-refractivity contribution in [2.45, 2.75) is 19.1 Å². The number of hydrogen-bond donors (Lipinski definition) is 4. The molecule has 0 saturated carbocycles. The molecule has 1 aliphatic heterocycles. The minimum Gasteiger partial charge on any atom is -0.508 e. The average molecular weight is 550 g/mol. The molecule has 40 heavy (non-hydrogen) atoms. The molecule has 4 N–H and O–H groups in total. The van der Waals surface area contributed by atoms with E-state index in [4.69, 9.17) is 0 Å². The Balaban J connectivity index is 1.33. The van der Waals surface area contributed by atoms with Crippen LogP contribution in [0.3, 0.4) is 0 Å². The number of phenolic OH excluding ortho intramolecular Hbond substituents is 1. The molecule has 11 heteroatoms. The normalized spacial score (nSPS) is 13.7. The van der Waals surface area contributed by atoms with Crippen molar-refractivity contribution in [2.75, 3.05) is 48.3 Å². The van der Waals surface area contributed by atoms with Crippen LogP contribution in [-0.2, 0) is 19.1 Å². The number of nitrogens with one attached hydrogen (secondary N) is 3. The molecule has 208 valence electrons. The fourth-order valence-electron chi connectivity index (χ4n) is 4.48. The molecule has 1 aromatic heterocycles. The number of alkyl halides is 3. The van der Waals surface area contributed by atoms with E-state index in [1.807, 2.05) is 36.4 Å². The van der Waals surface area contributed by atoms with Gasteiger partial charge in [0.2, 0.25) is 17.8 Å². The zero-order chi connectivity index (χ0) is 28.0. The van der Waals surface area contributed by atoms with Gasteiger partial charge in [-0.15, -0.1) is 0 Å². The Morgan fingerprint density at radius 3 is 2.20 bits per heavy atom. The first-order valence-electron chi connectivity index (χ1n) is 13.1. The van der Waals surface area contributed by atoms with E-state index in [0.29, 0.717) is 36.5 Å². The topological polar surface area (TPSA) is 98.2 Å². The lowest BCUT2D eigenvalue weighted by atomic mass is 9.98. The molecule has 0 atom stereocenters. The summed E-state index contributed by atoms with van der Waals surface area (Å²) in [6.45, 7) is 4.17. The molecule has 3 aromatic carbocycles. The molecule has 1 fully saturated rings. The van der Waals surface area contributed by atoms with Gasteiger partial charge in [0.05, 0.1) is 5.56 Å². The molecule has 0 spiro atoms. The minimum absolute atomic E-state index is 0.227. The number of phenols is 1. The van der Waals surface area contributed by atoms with Crippen molar-refractivity contribution in [1.82, 2.24) is 20.3 Å². The summed E-state index contributed by atoms with van der Waals surface area (Å²) in [6.07, 6.45) is -3.66. The Hall–Kier alpha value is -4.38. The second-order valence-electron chi connectivity index (χ2n) is 9.45. The van der Waals surface area contributed by atoms with E-state index in [1.54, 1.807) is 12.1 Å². The Bertz CT molecular complexity index is 1410. The molecular formula is C29H30F3N7O. The molecule has 0 bridgehead atoms. The second kappa shape index (κ2) is 12.2. The van der Waals surface area contributed by atoms with Crippen molar-refractivity contribution in [2.24, 2.45) is 0 Å². The summed E-state index contributed by atoms with van der Waals surface area (Å²) < 4.78 is 39.1. The Labute approximate surface area is 230 Å². The highest BCUT2D eigenvalue weighted by Gasteiger charge is 2.30. The number of nitrogens with zero attached hydrogens (tertiary/aromatic N) is 4. The maximum atomic E-state index is 13.0. The van der Waals surface area contributed by atoms with Crippen LogP contribution in [0.1, 0.15) is 16.7 Å². The van der Waals surface area contributed by atoms with Crippen LogP contribution < -0.4 is 20.9 Å². The van der Waals surface area contributed by atoms with Crippen molar-refractivity contribution >= 4 is 17.8 Å². The Morgan fingerprint density at radius 2 is 1.50 bits per heavy atom. The summed E-state index contributed by atoms with van der Waals surface area (Å²) in [6, 6.07) is 19.8. The van der Waals surface area contributed by atoms with Gasteiger partial charge in [-0.05, 0) is 52.9 Å². The van der Waals surface area contributed by atoms with Gasteiger partial charge in [0, 0.05) is 39.3 Å². The molecule has 0 amide bonds. The van der Waals surface area contributed by atoms with E-state index >= 15 is 0 Å². The van der Waals surface area contributed by atoms with Crippen LogP contribution in [0.4, 0.5) is 31.0 Å². The first-order chi connectivity index (χ1) is 19.3. The van der Waals surface area contributed by atoms with Crippen molar-refractivity contribution in [3.63, 3.8) is 0 Å². The predicted octanol–water partition coefficient (Wildman–Crippen LogP) is 4.94. The van der Waals surface area contributed by atoms with E-state index in [2.05, 4.69) is 35.8 Å². The van der Waals surface area contributed by atoms with Gasteiger partial charge in [0.1, 0.15) is 5.75 Å². The summed E-state index contributed by atoms with van der Waals surface area (Å²) in [5.74, 6) is 1.64. The minimum atomic E-state index is -4.38. The molecule has 8 nitrogen and oxygen atoms in total. The quantitative estimate of drug-likeness (QED) is 0.233. The number of rotatable bonds is 9. The van der Waals surface area contributed by atoms with E-state index in [1.165, 1.54) is 12.1 Å². The summed E-state index contributed by atoms with van der Waals surface area (Å²) in [5, 5.41) is 19.4. The van der Waals surface area contributed by atoms with Crippen LogP contribution in [-0.4, -0.2) is 52.8 Å². The van der Waals surface area contributed by atoms with Gasteiger partial charge in [0.25, 0.3) is 0 Å². The third-order valence-corrected chi connectivity index (χ3v) is 6.63. The SMILES string of the molecule is Oc1ccc(CCNc2nc(NCc3ccccc3-c3ccc(C(F)(F)F)cc3)nc(N3CCNCC3)n2)cc1. The standard InChI is InChI=1S/C29H30F3N7O/c30-29(31,32)23-9-7-21(8-10-23)25-4-2-1-3-22(25)19-35-27-36-26(34-14-13-20-5-11-24(40)12-6-20)37-28(38-27)39-17-15-33-16-18-39/h1-12,33,40H,13-19H2,(H2,34,35,36,37,38). The molecule has 0 radical (unpaired) electrons. The van der Waals surface area contributed by atoms with Gasteiger partial charge >= 0.3 is 6.18 Å². The van der Waals surface area contributed by atoms with Crippen LogP contribution in [0.15, 0.2) is 72.8 Å². The first kappa shape index (κ1) is 27.2. The van der Waals surface area contributed by atoms with E-state index in [0.717, 1.165) is 61.4 Å². The Morgan fingerprint density at radius 1 is 0.825 bits per heavy atom. The van der Waals surface area contributed by atoms with Crippen molar-refractivity contribution < 1.29 is 18.3 Å². The molecule has 0 aliphatic carbocycles. The van der Waals surface area contributed by atoms with Crippen LogP contribution in [0.5, 0.6) is 5.75 Å². The van der Waals surface area contributed by atoms with Gasteiger partial charge in [-0.25, -0.2) is 0 Å². The number of aromatic nitrogens is 3. The molecular weight excluding hydrogens is 519 g/mol. The third kappa shape index (κ3) is 6.97. The number of halogens is 3. The van der Waals surface area contributed by atoms with Crippen LogP contribution in [0.25, 0.3) is 11.1 Å². The lowest BCUT2D eigenvalue weighted by molar-refractivity contribution is -0.137. The zero-order valence-electron chi connectivity index (χ0n) is 21.7. The number of anilines is 3. The molecule has 0 unspecified atom stereocenters. The van der Waals surface area contributed by atoms with Crippen LogP contribution >= 0.6 is 0 Å². The number of piperazine rings is 1. The van der Waals surface area contributed by atoms with E-state index < -0.39 is 11.7 Å². The van der Waals surface area contributed by atoms with Crippen LogP contribution in [0, 0.1) is 0 Å². The van der Waals surface area contributed by atoms with Gasteiger partial charge in [0.15, 0.2) is 0 Å². The summed E-state index contributed by atoms with van der Waals surface area (Å²) >= 11 is 0. The van der Waals surface area contributed by atoms with Crippen LogP contribution in [0.2, 0.25) is 0 Å².